The highest BCUT2D eigenvalue weighted by Gasteiger charge is 2.27. The molecule has 0 aromatic carbocycles. The zero-order chi connectivity index (χ0) is 13.3. The normalized spacial score (nSPS) is 16.1. The van der Waals surface area contributed by atoms with Crippen molar-refractivity contribution in [3.63, 3.8) is 0 Å². The molecule has 1 aliphatic rings. The fourth-order valence-corrected chi connectivity index (χ4v) is 1.56. The van der Waals surface area contributed by atoms with Crippen molar-refractivity contribution >= 4 is 11.6 Å². The Morgan fingerprint density at radius 1 is 1.39 bits per heavy atom. The van der Waals surface area contributed by atoms with Crippen LogP contribution in [0.2, 0.25) is 0 Å². The lowest BCUT2D eigenvalue weighted by Gasteiger charge is -2.32. The molecule has 1 saturated carbocycles. The van der Waals surface area contributed by atoms with Crippen LogP contribution in [0, 0.1) is 0 Å². The molecule has 0 bridgehead atoms. The van der Waals surface area contributed by atoms with Crippen LogP contribution in [-0.2, 0) is 0 Å². The van der Waals surface area contributed by atoms with Crippen LogP contribution in [0.3, 0.4) is 0 Å². The largest absolute Gasteiger partial charge is 0.384 e. The summed E-state index contributed by atoms with van der Waals surface area (Å²) in [7, 11) is 4.15. The van der Waals surface area contributed by atoms with Gasteiger partial charge in [-0.05, 0) is 40.8 Å². The number of likely N-dealkylation sites (N-methyl/N-ethyl adjacent to an activating group) is 1. The summed E-state index contributed by atoms with van der Waals surface area (Å²) in [6.45, 7) is 5.19. The summed E-state index contributed by atoms with van der Waals surface area (Å²) in [6.07, 6.45) is 2.37. The van der Waals surface area contributed by atoms with Gasteiger partial charge in [0.2, 0.25) is 0 Å². The molecule has 18 heavy (non-hydrogen) atoms. The van der Waals surface area contributed by atoms with Crippen LogP contribution < -0.4 is 11.1 Å². The van der Waals surface area contributed by atoms with E-state index in [2.05, 4.69) is 48.1 Å². The summed E-state index contributed by atoms with van der Waals surface area (Å²) >= 11 is 0. The van der Waals surface area contributed by atoms with Crippen LogP contribution in [0.15, 0.2) is 6.07 Å². The number of rotatable bonds is 5. The van der Waals surface area contributed by atoms with E-state index < -0.39 is 0 Å². The van der Waals surface area contributed by atoms with E-state index in [-0.39, 0.29) is 5.54 Å². The first-order valence-corrected chi connectivity index (χ1v) is 6.44. The molecule has 0 aliphatic heterocycles. The Balaban J connectivity index is 2.05. The van der Waals surface area contributed by atoms with Crippen LogP contribution >= 0.6 is 0 Å². The molecule has 100 valence electrons. The summed E-state index contributed by atoms with van der Waals surface area (Å²) in [5, 5.41) is 3.36. The molecule has 0 radical (unpaired) electrons. The van der Waals surface area contributed by atoms with Gasteiger partial charge in [0.05, 0.1) is 0 Å². The third-order valence-corrected chi connectivity index (χ3v) is 3.62. The number of nitrogens with zero attached hydrogens (tertiary/aromatic N) is 3. The molecule has 0 spiro atoms. The van der Waals surface area contributed by atoms with Gasteiger partial charge in [-0.25, -0.2) is 9.97 Å². The standard InChI is InChI=1S/C13H23N5/c1-13(2,18(3)4)8-15-11-7-10(14)16-12(17-11)9-5-6-9/h7,9H,5-6,8H2,1-4H3,(H3,14,15,16,17). The van der Waals surface area contributed by atoms with E-state index in [0.717, 1.165) is 18.2 Å². The first-order valence-electron chi connectivity index (χ1n) is 6.44. The van der Waals surface area contributed by atoms with E-state index in [9.17, 15) is 0 Å². The van der Waals surface area contributed by atoms with E-state index in [0.29, 0.717) is 11.7 Å². The Morgan fingerprint density at radius 2 is 2.06 bits per heavy atom. The van der Waals surface area contributed by atoms with Gasteiger partial charge < -0.3 is 16.0 Å². The Morgan fingerprint density at radius 3 is 2.61 bits per heavy atom. The zero-order valence-corrected chi connectivity index (χ0v) is 11.7. The van der Waals surface area contributed by atoms with Crippen LogP contribution in [-0.4, -0.2) is 41.0 Å². The van der Waals surface area contributed by atoms with Crippen molar-refractivity contribution in [2.45, 2.75) is 38.1 Å². The lowest BCUT2D eigenvalue weighted by Crippen LogP contribution is -2.44. The van der Waals surface area contributed by atoms with Crippen molar-refractivity contribution in [1.29, 1.82) is 0 Å². The highest BCUT2D eigenvalue weighted by molar-refractivity contribution is 5.45. The predicted molar refractivity (Wildman–Crippen MR) is 74.7 cm³/mol. The lowest BCUT2D eigenvalue weighted by molar-refractivity contribution is 0.210. The summed E-state index contributed by atoms with van der Waals surface area (Å²) in [4.78, 5) is 11.0. The van der Waals surface area contributed by atoms with Crippen LogP contribution in [0.4, 0.5) is 11.6 Å². The van der Waals surface area contributed by atoms with Gasteiger partial charge in [0.15, 0.2) is 0 Å². The molecule has 2 rings (SSSR count). The minimum Gasteiger partial charge on any atom is -0.384 e. The van der Waals surface area contributed by atoms with Gasteiger partial charge in [0.25, 0.3) is 0 Å². The number of aromatic nitrogens is 2. The number of nitrogens with one attached hydrogen (secondary N) is 1. The number of nitrogens with two attached hydrogens (primary N) is 1. The first-order chi connectivity index (χ1) is 8.38. The molecule has 1 heterocycles. The highest BCUT2D eigenvalue weighted by Crippen LogP contribution is 2.38. The summed E-state index contributed by atoms with van der Waals surface area (Å²) in [5.41, 5.74) is 5.89. The smallest absolute Gasteiger partial charge is 0.136 e. The molecular weight excluding hydrogens is 226 g/mol. The van der Waals surface area contributed by atoms with Crippen LogP contribution in [0.25, 0.3) is 0 Å². The summed E-state index contributed by atoms with van der Waals surface area (Å²) in [6, 6.07) is 1.80. The van der Waals surface area contributed by atoms with Crippen molar-refractivity contribution in [3.05, 3.63) is 11.9 Å². The first kappa shape index (κ1) is 13.1. The van der Waals surface area contributed by atoms with Gasteiger partial charge in [-0.3, -0.25) is 0 Å². The zero-order valence-electron chi connectivity index (χ0n) is 11.7. The van der Waals surface area contributed by atoms with Gasteiger partial charge in [-0.2, -0.15) is 0 Å². The van der Waals surface area contributed by atoms with Crippen molar-refractivity contribution < 1.29 is 0 Å². The molecule has 1 aliphatic carbocycles. The highest BCUT2D eigenvalue weighted by atomic mass is 15.2. The molecule has 1 fully saturated rings. The Hall–Kier alpha value is -1.36. The van der Waals surface area contributed by atoms with Gasteiger partial charge in [0, 0.05) is 24.1 Å². The lowest BCUT2D eigenvalue weighted by atomic mass is 10.0. The maximum atomic E-state index is 5.82. The van der Waals surface area contributed by atoms with E-state index in [4.69, 9.17) is 5.73 Å². The number of anilines is 2. The molecule has 0 amide bonds. The van der Waals surface area contributed by atoms with Crippen molar-refractivity contribution in [2.24, 2.45) is 0 Å². The number of nitrogen functional groups attached to an aromatic ring is 1. The molecule has 3 N–H and O–H groups in total. The number of hydrogen-bond donors (Lipinski definition) is 2. The third-order valence-electron chi connectivity index (χ3n) is 3.62. The Bertz CT molecular complexity index is 423. The third kappa shape index (κ3) is 3.10. The van der Waals surface area contributed by atoms with E-state index in [1.807, 2.05) is 0 Å². The van der Waals surface area contributed by atoms with Gasteiger partial charge in [0.1, 0.15) is 17.5 Å². The van der Waals surface area contributed by atoms with Crippen molar-refractivity contribution in [3.8, 4) is 0 Å². The minimum absolute atomic E-state index is 0.0689. The van der Waals surface area contributed by atoms with E-state index in [1.54, 1.807) is 6.07 Å². The quantitative estimate of drug-likeness (QED) is 0.831. The molecular formula is C13H23N5. The maximum absolute atomic E-state index is 5.82. The van der Waals surface area contributed by atoms with Crippen molar-refractivity contribution in [1.82, 2.24) is 14.9 Å². The average molecular weight is 249 g/mol. The van der Waals surface area contributed by atoms with Crippen LogP contribution in [0.5, 0.6) is 0 Å². The van der Waals surface area contributed by atoms with Crippen LogP contribution in [0.1, 0.15) is 38.4 Å². The molecule has 5 heteroatoms. The Kier molecular flexibility index (Phi) is 3.43. The second-order valence-corrected chi connectivity index (χ2v) is 5.87. The van der Waals surface area contributed by atoms with E-state index >= 15 is 0 Å². The van der Waals surface area contributed by atoms with Gasteiger partial charge in [-0.1, -0.05) is 0 Å². The molecule has 0 saturated heterocycles. The van der Waals surface area contributed by atoms with Gasteiger partial charge in [-0.15, -0.1) is 0 Å². The Labute approximate surface area is 109 Å². The SMILES string of the molecule is CN(C)C(C)(C)CNc1cc(N)nc(C2CC2)n1. The molecule has 0 unspecified atom stereocenters. The molecule has 1 aromatic heterocycles. The minimum atomic E-state index is 0.0689. The van der Waals surface area contributed by atoms with Gasteiger partial charge >= 0.3 is 0 Å². The average Bonchev–Trinajstić information content (AvgIpc) is 3.09. The monoisotopic (exact) mass is 249 g/mol. The molecule has 5 nitrogen and oxygen atoms in total. The van der Waals surface area contributed by atoms with Crippen molar-refractivity contribution in [2.75, 3.05) is 31.7 Å². The number of hydrogen-bond acceptors (Lipinski definition) is 5. The summed E-state index contributed by atoms with van der Waals surface area (Å²) in [5.74, 6) is 2.80. The summed E-state index contributed by atoms with van der Waals surface area (Å²) < 4.78 is 0. The predicted octanol–water partition coefficient (Wildman–Crippen LogP) is 1.69. The second-order valence-electron chi connectivity index (χ2n) is 5.87. The second kappa shape index (κ2) is 4.72. The topological polar surface area (TPSA) is 67.1 Å². The van der Waals surface area contributed by atoms with E-state index in [1.165, 1.54) is 12.8 Å². The maximum Gasteiger partial charge on any atom is 0.136 e. The fourth-order valence-electron chi connectivity index (χ4n) is 1.56. The molecule has 1 aromatic rings. The molecule has 0 atom stereocenters. The fraction of sp³-hybridized carbons (Fsp3) is 0.692.